The van der Waals surface area contributed by atoms with Crippen LogP contribution in [-0.2, 0) is 16.3 Å². The van der Waals surface area contributed by atoms with Crippen molar-refractivity contribution in [1.82, 2.24) is 9.78 Å². The molecule has 5 rings (SSSR count). The Morgan fingerprint density at radius 2 is 1.56 bits per heavy atom. The maximum Gasteiger partial charge on any atom is 0.226 e. The summed E-state index contributed by atoms with van der Waals surface area (Å²) < 4.78 is 15.2. The van der Waals surface area contributed by atoms with Gasteiger partial charge in [-0.3, -0.25) is 4.79 Å². The van der Waals surface area contributed by atoms with Crippen molar-refractivity contribution in [3.63, 3.8) is 0 Å². The largest absolute Gasteiger partial charge is 0.310 e. The molecule has 0 bridgehead atoms. The van der Waals surface area contributed by atoms with Crippen LogP contribution in [0.2, 0.25) is 0 Å². The SMILES string of the molecule is O=C(CC(c1ccccc1)c1ccccc1)Nc1c2c(nn1-c1ccc(F)cc1)CSC2. The van der Waals surface area contributed by atoms with E-state index in [0.29, 0.717) is 12.2 Å². The van der Waals surface area contributed by atoms with Crippen molar-refractivity contribution >= 4 is 23.5 Å². The number of anilines is 1. The number of rotatable bonds is 6. The van der Waals surface area contributed by atoms with Gasteiger partial charge in [-0.15, -0.1) is 0 Å². The summed E-state index contributed by atoms with van der Waals surface area (Å²) in [4.78, 5) is 13.3. The maximum absolute atomic E-state index is 13.4. The number of hydrogen-bond acceptors (Lipinski definition) is 3. The number of nitrogens with zero attached hydrogens (tertiary/aromatic N) is 2. The number of amides is 1. The van der Waals surface area contributed by atoms with E-state index in [-0.39, 0.29) is 17.6 Å². The predicted molar refractivity (Wildman–Crippen MR) is 126 cm³/mol. The van der Waals surface area contributed by atoms with Crippen LogP contribution >= 0.6 is 11.8 Å². The van der Waals surface area contributed by atoms with Crippen molar-refractivity contribution < 1.29 is 9.18 Å². The van der Waals surface area contributed by atoms with E-state index < -0.39 is 0 Å². The lowest BCUT2D eigenvalue weighted by Gasteiger charge is -2.18. The van der Waals surface area contributed by atoms with Crippen LogP contribution in [0.1, 0.15) is 34.7 Å². The van der Waals surface area contributed by atoms with Crippen LogP contribution in [0.15, 0.2) is 84.9 Å². The van der Waals surface area contributed by atoms with Gasteiger partial charge in [-0.2, -0.15) is 16.9 Å². The molecule has 0 unspecified atom stereocenters. The highest BCUT2D eigenvalue weighted by atomic mass is 32.2. The summed E-state index contributed by atoms with van der Waals surface area (Å²) in [6.45, 7) is 0. The van der Waals surface area contributed by atoms with Gasteiger partial charge in [-0.05, 0) is 35.4 Å². The van der Waals surface area contributed by atoms with Crippen molar-refractivity contribution in [2.24, 2.45) is 0 Å². The molecule has 1 N–H and O–H groups in total. The zero-order chi connectivity index (χ0) is 21.9. The van der Waals surface area contributed by atoms with Gasteiger partial charge in [0.1, 0.15) is 11.6 Å². The molecular weight excluding hydrogens is 421 g/mol. The van der Waals surface area contributed by atoms with Crippen molar-refractivity contribution in [3.8, 4) is 5.69 Å². The Kier molecular flexibility index (Phi) is 5.77. The van der Waals surface area contributed by atoms with Gasteiger partial charge in [0, 0.05) is 29.4 Å². The molecule has 1 amide bonds. The van der Waals surface area contributed by atoms with E-state index >= 15 is 0 Å². The predicted octanol–water partition coefficient (Wildman–Crippen LogP) is 5.92. The molecule has 0 saturated carbocycles. The fraction of sp³-hybridized carbons (Fsp3) is 0.154. The number of fused-ring (bicyclic) bond motifs is 1. The van der Waals surface area contributed by atoms with Crippen LogP contribution in [0.3, 0.4) is 0 Å². The molecule has 3 aromatic carbocycles. The van der Waals surface area contributed by atoms with Crippen LogP contribution in [0.4, 0.5) is 10.2 Å². The van der Waals surface area contributed by atoms with E-state index in [0.717, 1.165) is 39.6 Å². The summed E-state index contributed by atoms with van der Waals surface area (Å²) in [6.07, 6.45) is 0.310. The second-order valence-electron chi connectivity index (χ2n) is 7.78. The van der Waals surface area contributed by atoms with Crippen molar-refractivity contribution in [2.75, 3.05) is 5.32 Å². The zero-order valence-corrected chi connectivity index (χ0v) is 18.2. The topological polar surface area (TPSA) is 46.9 Å². The standard InChI is InChI=1S/C26H22FN3OS/c27-20-11-13-21(14-12-20)30-26(23-16-32-17-24(23)29-30)28-25(31)15-22(18-7-3-1-4-8-18)19-9-5-2-6-10-19/h1-14,22H,15-17H2,(H,28,31). The molecular formula is C26H22FN3OS. The molecule has 4 aromatic rings. The molecule has 6 heteroatoms. The van der Waals surface area contributed by atoms with Crippen LogP contribution in [0.25, 0.3) is 5.69 Å². The van der Waals surface area contributed by atoms with Crippen molar-refractivity contribution in [3.05, 3.63) is 113 Å². The fourth-order valence-corrected chi connectivity index (χ4v) is 5.11. The van der Waals surface area contributed by atoms with Crippen LogP contribution < -0.4 is 5.32 Å². The van der Waals surface area contributed by atoms with Crippen LogP contribution in [-0.4, -0.2) is 15.7 Å². The summed E-state index contributed by atoms with van der Waals surface area (Å²) in [5, 5.41) is 7.83. The van der Waals surface area contributed by atoms with Crippen molar-refractivity contribution in [2.45, 2.75) is 23.8 Å². The van der Waals surface area contributed by atoms with Gasteiger partial charge < -0.3 is 5.32 Å². The second kappa shape index (κ2) is 9.01. The third-order valence-electron chi connectivity index (χ3n) is 5.67. The van der Waals surface area contributed by atoms with E-state index in [9.17, 15) is 9.18 Å². The molecule has 0 atom stereocenters. The first-order valence-corrected chi connectivity index (χ1v) is 11.7. The number of carbonyl (C=O) groups is 1. The summed E-state index contributed by atoms with van der Waals surface area (Å²) in [6, 6.07) is 26.3. The number of benzene rings is 3. The van der Waals surface area contributed by atoms with Crippen LogP contribution in [0, 0.1) is 5.82 Å². The van der Waals surface area contributed by atoms with Gasteiger partial charge in [-0.1, -0.05) is 60.7 Å². The Morgan fingerprint density at radius 3 is 2.19 bits per heavy atom. The first-order chi connectivity index (χ1) is 15.7. The lowest BCUT2D eigenvalue weighted by atomic mass is 9.88. The normalized spacial score (nSPS) is 12.7. The third kappa shape index (κ3) is 4.18. The summed E-state index contributed by atoms with van der Waals surface area (Å²) in [5.41, 5.74) is 4.94. The van der Waals surface area contributed by atoms with Gasteiger partial charge in [-0.25, -0.2) is 9.07 Å². The monoisotopic (exact) mass is 443 g/mol. The number of nitrogens with one attached hydrogen (secondary N) is 1. The molecule has 0 spiro atoms. The lowest BCUT2D eigenvalue weighted by molar-refractivity contribution is -0.116. The zero-order valence-electron chi connectivity index (χ0n) is 17.4. The average Bonchev–Trinajstić information content (AvgIpc) is 3.42. The molecule has 32 heavy (non-hydrogen) atoms. The van der Waals surface area contributed by atoms with E-state index in [1.165, 1.54) is 12.1 Å². The van der Waals surface area contributed by atoms with Gasteiger partial charge in [0.15, 0.2) is 0 Å². The maximum atomic E-state index is 13.4. The minimum Gasteiger partial charge on any atom is -0.310 e. The number of thioether (sulfide) groups is 1. The van der Waals surface area contributed by atoms with Gasteiger partial charge >= 0.3 is 0 Å². The third-order valence-corrected chi connectivity index (χ3v) is 6.64. The van der Waals surface area contributed by atoms with Gasteiger partial charge in [0.2, 0.25) is 5.91 Å². The van der Waals surface area contributed by atoms with E-state index in [1.54, 1.807) is 28.6 Å². The summed E-state index contributed by atoms with van der Waals surface area (Å²) in [7, 11) is 0. The molecule has 4 nitrogen and oxygen atoms in total. The smallest absolute Gasteiger partial charge is 0.226 e. The Bertz CT molecular complexity index is 1180. The molecule has 0 fully saturated rings. The van der Waals surface area contributed by atoms with Gasteiger partial charge in [0.25, 0.3) is 0 Å². The highest BCUT2D eigenvalue weighted by Crippen LogP contribution is 2.36. The molecule has 160 valence electrons. The summed E-state index contributed by atoms with van der Waals surface area (Å²) >= 11 is 1.78. The van der Waals surface area contributed by atoms with E-state index in [2.05, 4.69) is 29.6 Å². The molecule has 2 heterocycles. The molecule has 0 aliphatic carbocycles. The Morgan fingerprint density at radius 1 is 0.938 bits per heavy atom. The molecule has 1 aromatic heterocycles. The van der Waals surface area contributed by atoms with E-state index in [1.807, 2.05) is 36.4 Å². The highest BCUT2D eigenvalue weighted by Gasteiger charge is 2.26. The quantitative estimate of drug-likeness (QED) is 0.402. The Hall–Kier alpha value is -3.38. The second-order valence-corrected chi connectivity index (χ2v) is 8.77. The number of carbonyl (C=O) groups excluding carboxylic acids is 1. The minimum absolute atomic E-state index is 0.0537. The van der Waals surface area contributed by atoms with Gasteiger partial charge in [0.05, 0.1) is 11.4 Å². The first kappa shape index (κ1) is 20.5. The first-order valence-electron chi connectivity index (χ1n) is 10.5. The number of hydrogen-bond donors (Lipinski definition) is 1. The van der Waals surface area contributed by atoms with Crippen molar-refractivity contribution in [1.29, 1.82) is 0 Å². The fourth-order valence-electron chi connectivity index (χ4n) is 4.08. The lowest BCUT2D eigenvalue weighted by Crippen LogP contribution is -2.19. The molecule has 0 saturated heterocycles. The highest BCUT2D eigenvalue weighted by molar-refractivity contribution is 7.98. The average molecular weight is 444 g/mol. The molecule has 0 radical (unpaired) electrons. The molecule has 1 aliphatic rings. The Labute approximate surface area is 190 Å². The number of aromatic nitrogens is 2. The molecule has 1 aliphatic heterocycles. The Balaban J connectivity index is 1.45. The minimum atomic E-state index is -0.303. The van der Waals surface area contributed by atoms with E-state index in [4.69, 9.17) is 5.10 Å². The summed E-state index contributed by atoms with van der Waals surface area (Å²) in [5.74, 6) is 1.85. The number of halogens is 1. The van der Waals surface area contributed by atoms with Crippen LogP contribution in [0.5, 0.6) is 0 Å².